The summed E-state index contributed by atoms with van der Waals surface area (Å²) < 4.78 is 32.8. The minimum Gasteiger partial charge on any atom is -0.452 e. The van der Waals surface area contributed by atoms with Gasteiger partial charge in [0.1, 0.15) is 11.6 Å². The number of nitrogens with zero attached hydrogens (tertiary/aromatic N) is 1. The fourth-order valence-corrected chi connectivity index (χ4v) is 2.05. The molecule has 2 aromatic rings. The van der Waals surface area contributed by atoms with Crippen LogP contribution in [0.4, 0.5) is 14.5 Å². The van der Waals surface area contributed by atoms with Crippen molar-refractivity contribution in [2.24, 2.45) is 0 Å². The largest absolute Gasteiger partial charge is 0.452 e. The van der Waals surface area contributed by atoms with Crippen LogP contribution in [0.2, 0.25) is 0 Å². The Labute approximate surface area is 122 Å². The lowest BCUT2D eigenvalue weighted by Gasteiger charge is -2.16. The van der Waals surface area contributed by atoms with Crippen molar-refractivity contribution < 1.29 is 18.0 Å². The van der Waals surface area contributed by atoms with Gasteiger partial charge in [0.2, 0.25) is 0 Å². The number of carbonyl (C=O) groups is 1. The van der Waals surface area contributed by atoms with Crippen molar-refractivity contribution >= 4 is 27.5 Å². The highest BCUT2D eigenvalue weighted by molar-refractivity contribution is 9.10. The molecule has 0 aliphatic heterocycles. The monoisotopic (exact) mass is 344 g/mol. The Balaban J connectivity index is 2.22. The van der Waals surface area contributed by atoms with E-state index < -0.39 is 28.8 Å². The molecule has 1 amide bonds. The van der Waals surface area contributed by atoms with Gasteiger partial charge < -0.3 is 15.1 Å². The van der Waals surface area contributed by atoms with E-state index in [-0.39, 0.29) is 6.54 Å². The smallest absolute Gasteiger partial charge is 0.257 e. The van der Waals surface area contributed by atoms with Crippen molar-refractivity contribution in [1.29, 1.82) is 0 Å². The molecule has 0 radical (unpaired) electrons. The molecule has 0 unspecified atom stereocenters. The Morgan fingerprint density at radius 2 is 2.10 bits per heavy atom. The van der Waals surface area contributed by atoms with E-state index in [2.05, 4.69) is 15.9 Å². The molecule has 4 nitrogen and oxygen atoms in total. The number of amides is 1. The molecule has 7 heteroatoms. The van der Waals surface area contributed by atoms with Crippen molar-refractivity contribution in [1.82, 2.24) is 4.90 Å². The summed E-state index contributed by atoms with van der Waals surface area (Å²) >= 11 is 3.14. The molecular weight excluding hydrogens is 334 g/mol. The first-order valence-corrected chi connectivity index (χ1v) is 6.42. The normalized spacial score (nSPS) is 10.6. The number of carbonyl (C=O) groups excluding carboxylic acids is 1. The Kier molecular flexibility index (Phi) is 4.08. The molecule has 0 fully saturated rings. The SMILES string of the molecule is CN(Cc1ccc(Br)o1)C(=O)c1cc(F)cc(N)c1F. The van der Waals surface area contributed by atoms with Crippen LogP contribution in [-0.4, -0.2) is 17.9 Å². The van der Waals surface area contributed by atoms with Crippen LogP contribution >= 0.6 is 15.9 Å². The predicted octanol–water partition coefficient (Wildman–Crippen LogP) is 3.17. The van der Waals surface area contributed by atoms with E-state index in [0.717, 1.165) is 12.1 Å². The van der Waals surface area contributed by atoms with Crippen LogP contribution in [-0.2, 0) is 6.54 Å². The van der Waals surface area contributed by atoms with Gasteiger partial charge in [0, 0.05) is 7.05 Å². The zero-order chi connectivity index (χ0) is 14.9. The van der Waals surface area contributed by atoms with Gasteiger partial charge in [-0.25, -0.2) is 8.78 Å². The first-order chi connectivity index (χ1) is 9.38. The van der Waals surface area contributed by atoms with Crippen molar-refractivity contribution in [3.05, 3.63) is 51.9 Å². The summed E-state index contributed by atoms with van der Waals surface area (Å²) in [4.78, 5) is 13.3. The molecule has 0 aliphatic carbocycles. The van der Waals surface area contributed by atoms with Crippen LogP contribution in [0.25, 0.3) is 0 Å². The van der Waals surface area contributed by atoms with Crippen LogP contribution in [0.3, 0.4) is 0 Å². The van der Waals surface area contributed by atoms with Gasteiger partial charge in [-0.2, -0.15) is 0 Å². The molecule has 0 atom stereocenters. The second kappa shape index (κ2) is 5.62. The number of anilines is 1. The molecule has 106 valence electrons. The number of furan rings is 1. The molecule has 0 spiro atoms. The lowest BCUT2D eigenvalue weighted by Crippen LogP contribution is -2.27. The molecule has 1 aromatic heterocycles. The number of halogens is 3. The molecule has 20 heavy (non-hydrogen) atoms. The Bertz CT molecular complexity index is 658. The zero-order valence-corrected chi connectivity index (χ0v) is 12.1. The number of hydrogen-bond acceptors (Lipinski definition) is 3. The summed E-state index contributed by atoms with van der Waals surface area (Å²) in [5.41, 5.74) is 4.50. The molecule has 0 saturated heterocycles. The van der Waals surface area contributed by atoms with E-state index in [9.17, 15) is 13.6 Å². The Morgan fingerprint density at radius 3 is 2.70 bits per heavy atom. The van der Waals surface area contributed by atoms with E-state index in [4.69, 9.17) is 10.2 Å². The number of hydrogen-bond donors (Lipinski definition) is 1. The fraction of sp³-hybridized carbons (Fsp3) is 0.154. The third kappa shape index (κ3) is 2.98. The average molecular weight is 345 g/mol. The van der Waals surface area contributed by atoms with Gasteiger partial charge in [0.05, 0.1) is 17.8 Å². The predicted molar refractivity (Wildman–Crippen MR) is 73.0 cm³/mol. The summed E-state index contributed by atoms with van der Waals surface area (Å²) in [6, 6.07) is 5.00. The maximum Gasteiger partial charge on any atom is 0.257 e. The van der Waals surface area contributed by atoms with Gasteiger partial charge in [-0.15, -0.1) is 0 Å². The summed E-state index contributed by atoms with van der Waals surface area (Å²) in [5, 5.41) is 0. The molecule has 0 aliphatic rings. The fourth-order valence-electron chi connectivity index (χ4n) is 1.71. The van der Waals surface area contributed by atoms with Gasteiger partial charge in [-0.1, -0.05) is 0 Å². The summed E-state index contributed by atoms with van der Waals surface area (Å²) in [5.74, 6) is -1.86. The van der Waals surface area contributed by atoms with E-state index in [1.807, 2.05) is 0 Å². The summed E-state index contributed by atoms with van der Waals surface area (Å²) in [6.07, 6.45) is 0. The lowest BCUT2D eigenvalue weighted by molar-refractivity contribution is 0.0770. The van der Waals surface area contributed by atoms with Gasteiger partial charge in [0.25, 0.3) is 5.91 Å². The second-order valence-electron chi connectivity index (χ2n) is 4.22. The number of rotatable bonds is 3. The standard InChI is InChI=1S/C13H11BrF2N2O2/c1-18(6-8-2-3-11(14)20-8)13(19)9-4-7(15)5-10(17)12(9)16/h2-5H,6,17H2,1H3. The molecule has 0 bridgehead atoms. The highest BCUT2D eigenvalue weighted by Crippen LogP contribution is 2.20. The van der Waals surface area contributed by atoms with Crippen molar-refractivity contribution in [3.8, 4) is 0 Å². The van der Waals surface area contributed by atoms with Gasteiger partial charge in [-0.05, 0) is 40.2 Å². The van der Waals surface area contributed by atoms with Crippen LogP contribution < -0.4 is 5.73 Å². The first kappa shape index (κ1) is 14.5. The molecule has 2 N–H and O–H groups in total. The zero-order valence-electron chi connectivity index (χ0n) is 10.5. The van der Waals surface area contributed by atoms with Crippen LogP contribution in [0.15, 0.2) is 33.4 Å². The Hall–Kier alpha value is -1.89. The van der Waals surface area contributed by atoms with Gasteiger partial charge in [-0.3, -0.25) is 4.79 Å². The highest BCUT2D eigenvalue weighted by atomic mass is 79.9. The van der Waals surface area contributed by atoms with E-state index in [1.54, 1.807) is 12.1 Å². The van der Waals surface area contributed by atoms with E-state index in [1.165, 1.54) is 11.9 Å². The number of nitrogen functional groups attached to an aromatic ring is 1. The maximum atomic E-state index is 13.8. The van der Waals surface area contributed by atoms with Crippen molar-refractivity contribution in [3.63, 3.8) is 0 Å². The summed E-state index contributed by atoms with van der Waals surface area (Å²) in [7, 11) is 1.46. The van der Waals surface area contributed by atoms with Crippen molar-refractivity contribution in [2.75, 3.05) is 12.8 Å². The number of benzene rings is 1. The minimum atomic E-state index is -0.927. The van der Waals surface area contributed by atoms with Crippen LogP contribution in [0, 0.1) is 11.6 Å². The Morgan fingerprint density at radius 1 is 1.40 bits per heavy atom. The maximum absolute atomic E-state index is 13.8. The molecule has 1 heterocycles. The van der Waals surface area contributed by atoms with Gasteiger partial charge in [0.15, 0.2) is 10.5 Å². The van der Waals surface area contributed by atoms with E-state index >= 15 is 0 Å². The molecule has 2 rings (SSSR count). The quantitative estimate of drug-likeness (QED) is 0.870. The van der Waals surface area contributed by atoms with E-state index in [0.29, 0.717) is 10.4 Å². The average Bonchev–Trinajstić information content (AvgIpc) is 2.78. The second-order valence-corrected chi connectivity index (χ2v) is 5.01. The minimum absolute atomic E-state index is 0.125. The molecular formula is C13H11BrF2N2O2. The van der Waals surface area contributed by atoms with Gasteiger partial charge >= 0.3 is 0 Å². The van der Waals surface area contributed by atoms with Crippen LogP contribution in [0.5, 0.6) is 0 Å². The van der Waals surface area contributed by atoms with Crippen molar-refractivity contribution in [2.45, 2.75) is 6.54 Å². The lowest BCUT2D eigenvalue weighted by atomic mass is 10.1. The molecule has 1 aromatic carbocycles. The number of nitrogens with two attached hydrogens (primary N) is 1. The summed E-state index contributed by atoms with van der Waals surface area (Å²) in [6.45, 7) is 0.125. The third-order valence-electron chi connectivity index (χ3n) is 2.66. The van der Waals surface area contributed by atoms with Crippen LogP contribution in [0.1, 0.15) is 16.1 Å². The highest BCUT2D eigenvalue weighted by Gasteiger charge is 2.20. The third-order valence-corrected chi connectivity index (χ3v) is 3.09. The molecule has 0 saturated carbocycles. The first-order valence-electron chi connectivity index (χ1n) is 5.62. The topological polar surface area (TPSA) is 59.5 Å².